The monoisotopic (exact) mass is 463 g/mol. The fraction of sp³-hybridized carbons (Fsp3) is 0.417. The standard InChI is InChI=1S/C24H30ClNO4S/c1-23(2,3)22(29)26-18-7-8-20(16(12-18)14-31-24(4,5)6)30-19-10-15(11-21(27)28)9-17(25)13-19/h7-10,12-13H,11,14H2,1-6H3,(H,26,29)(H,27,28). The van der Waals surface area contributed by atoms with Crippen LogP contribution in [-0.4, -0.2) is 21.7 Å². The van der Waals surface area contributed by atoms with Gasteiger partial charge >= 0.3 is 5.97 Å². The quantitative estimate of drug-likeness (QED) is 0.473. The Labute approximate surface area is 193 Å². The van der Waals surface area contributed by atoms with Crippen molar-refractivity contribution >= 4 is 40.9 Å². The zero-order valence-corrected chi connectivity index (χ0v) is 20.4. The molecule has 2 rings (SSSR count). The Morgan fingerprint density at radius 3 is 2.32 bits per heavy atom. The van der Waals surface area contributed by atoms with Crippen molar-refractivity contribution in [3.8, 4) is 11.5 Å². The number of nitrogens with one attached hydrogen (secondary N) is 1. The lowest BCUT2D eigenvalue weighted by atomic mass is 9.95. The number of carbonyl (C=O) groups excluding carboxylic acids is 1. The van der Waals surface area contributed by atoms with Gasteiger partial charge in [-0.2, -0.15) is 11.8 Å². The lowest BCUT2D eigenvalue weighted by Crippen LogP contribution is -2.27. The molecule has 2 N–H and O–H groups in total. The summed E-state index contributed by atoms with van der Waals surface area (Å²) in [6.07, 6.45) is -0.137. The van der Waals surface area contributed by atoms with E-state index in [1.54, 1.807) is 36.0 Å². The van der Waals surface area contributed by atoms with E-state index in [9.17, 15) is 9.59 Å². The number of hydrogen-bond acceptors (Lipinski definition) is 4. The summed E-state index contributed by atoms with van der Waals surface area (Å²) in [7, 11) is 0. The molecule has 7 heteroatoms. The van der Waals surface area contributed by atoms with E-state index >= 15 is 0 Å². The van der Waals surface area contributed by atoms with Crippen LogP contribution in [-0.2, 0) is 21.8 Å². The number of aliphatic carboxylic acids is 1. The average Bonchev–Trinajstić information content (AvgIpc) is 2.59. The van der Waals surface area contributed by atoms with Crippen molar-refractivity contribution < 1.29 is 19.4 Å². The van der Waals surface area contributed by atoms with Gasteiger partial charge in [0.1, 0.15) is 11.5 Å². The molecular formula is C24H30ClNO4S. The van der Waals surface area contributed by atoms with Crippen molar-refractivity contribution in [3.05, 3.63) is 52.5 Å². The Balaban J connectivity index is 2.35. The molecule has 0 unspecified atom stereocenters. The largest absolute Gasteiger partial charge is 0.481 e. The number of benzene rings is 2. The molecule has 1 amide bonds. The summed E-state index contributed by atoms with van der Waals surface area (Å²) < 4.78 is 6.15. The molecule has 0 saturated heterocycles. The molecule has 2 aromatic rings. The molecule has 5 nitrogen and oxygen atoms in total. The Morgan fingerprint density at radius 2 is 1.74 bits per heavy atom. The molecule has 0 spiro atoms. The van der Waals surface area contributed by atoms with E-state index < -0.39 is 11.4 Å². The van der Waals surface area contributed by atoms with Gasteiger partial charge in [-0.05, 0) is 42.0 Å². The van der Waals surface area contributed by atoms with Crippen LogP contribution in [0.25, 0.3) is 0 Å². The fourth-order valence-electron chi connectivity index (χ4n) is 2.57. The fourth-order valence-corrected chi connectivity index (χ4v) is 3.63. The minimum atomic E-state index is -0.936. The van der Waals surface area contributed by atoms with Crippen LogP contribution >= 0.6 is 23.4 Å². The van der Waals surface area contributed by atoms with Crippen LogP contribution in [0.1, 0.15) is 52.7 Å². The number of carbonyl (C=O) groups is 2. The van der Waals surface area contributed by atoms with E-state index in [1.807, 2.05) is 32.9 Å². The van der Waals surface area contributed by atoms with Crippen molar-refractivity contribution in [2.75, 3.05) is 5.32 Å². The van der Waals surface area contributed by atoms with Crippen LogP contribution in [0.5, 0.6) is 11.5 Å². The summed E-state index contributed by atoms with van der Waals surface area (Å²) >= 11 is 7.92. The zero-order chi connectivity index (χ0) is 23.4. The maximum Gasteiger partial charge on any atom is 0.307 e. The maximum absolute atomic E-state index is 12.4. The lowest BCUT2D eigenvalue weighted by Gasteiger charge is -2.21. The van der Waals surface area contributed by atoms with Gasteiger partial charge in [-0.25, -0.2) is 0 Å². The van der Waals surface area contributed by atoms with Gasteiger partial charge in [0, 0.05) is 32.2 Å². The van der Waals surface area contributed by atoms with Crippen LogP contribution in [0.2, 0.25) is 5.02 Å². The number of carboxylic acid groups (broad SMARTS) is 1. The molecule has 0 heterocycles. The second-order valence-electron chi connectivity index (χ2n) is 9.40. The number of thioether (sulfide) groups is 1. The van der Waals surface area contributed by atoms with E-state index in [0.717, 1.165) is 5.56 Å². The summed E-state index contributed by atoms with van der Waals surface area (Å²) in [5.74, 6) is 0.783. The second-order valence-corrected chi connectivity index (χ2v) is 11.6. The number of rotatable bonds is 7. The van der Waals surface area contributed by atoms with E-state index in [-0.39, 0.29) is 17.1 Å². The van der Waals surface area contributed by atoms with E-state index in [1.165, 1.54) is 0 Å². The van der Waals surface area contributed by atoms with Crippen molar-refractivity contribution in [1.29, 1.82) is 0 Å². The molecule has 0 fully saturated rings. The molecule has 0 radical (unpaired) electrons. The number of halogens is 1. The van der Waals surface area contributed by atoms with Crippen LogP contribution < -0.4 is 10.1 Å². The van der Waals surface area contributed by atoms with Gasteiger partial charge in [0.15, 0.2) is 0 Å². The van der Waals surface area contributed by atoms with E-state index in [2.05, 4.69) is 26.1 Å². The molecule has 0 aromatic heterocycles. The summed E-state index contributed by atoms with van der Waals surface area (Å²) in [6, 6.07) is 10.5. The maximum atomic E-state index is 12.4. The van der Waals surface area contributed by atoms with Gasteiger partial charge in [0.2, 0.25) is 5.91 Å². The van der Waals surface area contributed by atoms with Crippen molar-refractivity contribution in [1.82, 2.24) is 0 Å². The highest BCUT2D eigenvalue weighted by atomic mass is 35.5. The van der Waals surface area contributed by atoms with Crippen molar-refractivity contribution in [2.24, 2.45) is 5.41 Å². The smallest absolute Gasteiger partial charge is 0.307 e. The highest BCUT2D eigenvalue weighted by Crippen LogP contribution is 2.36. The lowest BCUT2D eigenvalue weighted by molar-refractivity contribution is -0.136. The summed E-state index contributed by atoms with van der Waals surface area (Å²) in [6.45, 7) is 12.0. The normalized spacial score (nSPS) is 11.8. The molecule has 168 valence electrons. The first-order chi connectivity index (χ1) is 14.2. The predicted octanol–water partition coefficient (Wildman–Crippen LogP) is 6.78. The molecule has 31 heavy (non-hydrogen) atoms. The van der Waals surface area contributed by atoms with Gasteiger partial charge < -0.3 is 15.2 Å². The SMILES string of the molecule is CC(C)(C)SCc1cc(NC(=O)C(C)(C)C)ccc1Oc1cc(Cl)cc(CC(=O)O)c1. The second kappa shape index (κ2) is 9.96. The van der Waals surface area contributed by atoms with Crippen LogP contribution in [0, 0.1) is 5.41 Å². The first kappa shape index (κ1) is 25.1. The van der Waals surface area contributed by atoms with Crippen molar-refractivity contribution in [2.45, 2.75) is 58.5 Å². The number of anilines is 1. The number of amides is 1. The first-order valence-corrected chi connectivity index (χ1v) is 11.4. The Kier molecular flexibility index (Phi) is 8.06. The van der Waals surface area contributed by atoms with Gasteiger partial charge in [0.25, 0.3) is 0 Å². The summed E-state index contributed by atoms with van der Waals surface area (Å²) in [5.41, 5.74) is 1.69. The summed E-state index contributed by atoms with van der Waals surface area (Å²) in [4.78, 5) is 23.4. The highest BCUT2D eigenvalue weighted by Gasteiger charge is 2.22. The van der Waals surface area contributed by atoms with Crippen molar-refractivity contribution in [3.63, 3.8) is 0 Å². The third kappa shape index (κ3) is 8.46. The highest BCUT2D eigenvalue weighted by molar-refractivity contribution is 7.99. The Hall–Kier alpha value is -2.18. The third-order valence-electron chi connectivity index (χ3n) is 4.17. The van der Waals surface area contributed by atoms with E-state index in [0.29, 0.717) is 33.5 Å². The van der Waals surface area contributed by atoms with Gasteiger partial charge in [-0.3, -0.25) is 9.59 Å². The number of carboxylic acids is 1. The Bertz CT molecular complexity index is 961. The molecule has 0 bridgehead atoms. The minimum absolute atomic E-state index is 0.0483. The third-order valence-corrected chi connectivity index (χ3v) is 5.71. The topological polar surface area (TPSA) is 75.6 Å². The zero-order valence-electron chi connectivity index (χ0n) is 18.8. The van der Waals surface area contributed by atoms with E-state index in [4.69, 9.17) is 21.4 Å². The number of ether oxygens (including phenoxy) is 1. The molecule has 0 atom stereocenters. The van der Waals surface area contributed by atoms with Crippen LogP contribution in [0.15, 0.2) is 36.4 Å². The molecule has 0 aliphatic carbocycles. The molecule has 0 aliphatic rings. The number of hydrogen-bond donors (Lipinski definition) is 2. The van der Waals surface area contributed by atoms with Crippen LogP contribution in [0.3, 0.4) is 0 Å². The Morgan fingerprint density at radius 1 is 1.06 bits per heavy atom. The molecular weight excluding hydrogens is 434 g/mol. The van der Waals surface area contributed by atoms with Crippen LogP contribution in [0.4, 0.5) is 5.69 Å². The molecule has 0 aliphatic heterocycles. The van der Waals surface area contributed by atoms with Gasteiger partial charge in [0.05, 0.1) is 6.42 Å². The molecule has 2 aromatic carbocycles. The first-order valence-electron chi connectivity index (χ1n) is 10.0. The van der Waals surface area contributed by atoms with Gasteiger partial charge in [-0.15, -0.1) is 0 Å². The average molecular weight is 464 g/mol. The predicted molar refractivity (Wildman–Crippen MR) is 128 cm³/mol. The summed E-state index contributed by atoms with van der Waals surface area (Å²) in [5, 5.41) is 12.4. The molecule has 0 saturated carbocycles. The minimum Gasteiger partial charge on any atom is -0.481 e. The van der Waals surface area contributed by atoms with Gasteiger partial charge in [-0.1, -0.05) is 53.1 Å².